The molecule has 1 aliphatic rings. The lowest BCUT2D eigenvalue weighted by Gasteiger charge is -2.35. The lowest BCUT2D eigenvalue weighted by Crippen LogP contribution is -2.46. The molecule has 1 amide bonds. The van der Waals surface area contributed by atoms with Crippen molar-refractivity contribution in [3.8, 4) is 11.1 Å². The fraction of sp³-hybridized carbons (Fsp3) is 0.500. The Morgan fingerprint density at radius 3 is 2.55 bits per heavy atom. The highest BCUT2D eigenvalue weighted by atomic mass is 32.1. The average Bonchev–Trinajstić information content (AvgIpc) is 3.11. The lowest BCUT2D eigenvalue weighted by molar-refractivity contribution is -0.117. The molecule has 1 saturated heterocycles. The number of amides is 1. The maximum absolute atomic E-state index is 12.7. The third-order valence-corrected chi connectivity index (χ3v) is 6.39. The Labute approximate surface area is 188 Å². The number of carbonyl (C=O) groups excluding carboxylic acids is 2. The number of nitrogens with zero attached hydrogens (tertiary/aromatic N) is 1. The number of morpholine rings is 1. The van der Waals surface area contributed by atoms with E-state index in [0.29, 0.717) is 23.5 Å². The van der Waals surface area contributed by atoms with E-state index in [1.807, 2.05) is 38.3 Å². The van der Waals surface area contributed by atoms with Gasteiger partial charge in [0.1, 0.15) is 10.6 Å². The minimum absolute atomic E-state index is 0.106. The summed E-state index contributed by atoms with van der Waals surface area (Å²) in [4.78, 5) is 27.7. The van der Waals surface area contributed by atoms with Crippen molar-refractivity contribution in [3.63, 3.8) is 0 Å². The molecule has 1 aromatic carbocycles. The number of anilines is 1. The highest BCUT2D eigenvalue weighted by molar-refractivity contribution is 7.15. The molecule has 0 unspecified atom stereocenters. The standard InChI is InChI=1S/C24H32N2O4S/c1-6-29-24(28)22-20(19-8-7-15(2)16(3)11-19)14-31-23(22)25-21(27)9-10-26-12-17(4)30-18(5)13-26/h7-8,11,14,17-18H,6,9-10,12-13H2,1-5H3,(H,25,27)/t17-,18+. The number of rotatable bonds is 7. The molecule has 1 aromatic heterocycles. The second-order valence-corrected chi connectivity index (χ2v) is 9.07. The smallest absolute Gasteiger partial charge is 0.341 e. The van der Waals surface area contributed by atoms with Gasteiger partial charge in [0.15, 0.2) is 0 Å². The Bertz CT molecular complexity index is 930. The Morgan fingerprint density at radius 2 is 1.90 bits per heavy atom. The van der Waals surface area contributed by atoms with E-state index in [-0.39, 0.29) is 24.7 Å². The molecule has 2 aromatic rings. The number of carbonyl (C=O) groups is 2. The number of esters is 1. The normalized spacial score (nSPS) is 19.3. The van der Waals surface area contributed by atoms with E-state index < -0.39 is 5.97 Å². The highest BCUT2D eigenvalue weighted by Crippen LogP contribution is 2.37. The molecule has 1 N–H and O–H groups in total. The molecule has 0 aliphatic carbocycles. The minimum atomic E-state index is -0.414. The van der Waals surface area contributed by atoms with Gasteiger partial charge < -0.3 is 14.8 Å². The second kappa shape index (κ2) is 10.4. The summed E-state index contributed by atoms with van der Waals surface area (Å²) in [6.07, 6.45) is 0.693. The number of benzene rings is 1. The van der Waals surface area contributed by atoms with Crippen molar-refractivity contribution in [2.75, 3.05) is 31.6 Å². The summed E-state index contributed by atoms with van der Waals surface area (Å²) in [7, 11) is 0. The van der Waals surface area contributed by atoms with Crippen LogP contribution in [0.5, 0.6) is 0 Å². The van der Waals surface area contributed by atoms with Crippen LogP contribution in [0.3, 0.4) is 0 Å². The first kappa shape index (κ1) is 23.4. The van der Waals surface area contributed by atoms with Crippen molar-refractivity contribution in [3.05, 3.63) is 40.3 Å². The van der Waals surface area contributed by atoms with Gasteiger partial charge in [-0.2, -0.15) is 0 Å². The van der Waals surface area contributed by atoms with Crippen molar-refractivity contribution in [2.24, 2.45) is 0 Å². The number of hydrogen-bond acceptors (Lipinski definition) is 6. The van der Waals surface area contributed by atoms with Crippen LogP contribution in [0.15, 0.2) is 23.6 Å². The molecule has 1 aliphatic heterocycles. The van der Waals surface area contributed by atoms with Gasteiger partial charge in [-0.05, 0) is 51.3 Å². The third-order valence-electron chi connectivity index (χ3n) is 5.49. The second-order valence-electron chi connectivity index (χ2n) is 8.19. The van der Waals surface area contributed by atoms with E-state index in [0.717, 1.165) is 29.8 Å². The molecule has 0 spiro atoms. The lowest BCUT2D eigenvalue weighted by atomic mass is 9.99. The molecule has 31 heavy (non-hydrogen) atoms. The molecule has 6 nitrogen and oxygen atoms in total. The van der Waals surface area contributed by atoms with Crippen LogP contribution in [-0.2, 0) is 14.3 Å². The maximum Gasteiger partial charge on any atom is 0.341 e. The minimum Gasteiger partial charge on any atom is -0.462 e. The SMILES string of the molecule is CCOC(=O)c1c(-c2ccc(C)c(C)c2)csc1NC(=O)CCN1C[C@@H](C)O[C@@H](C)C1. The monoisotopic (exact) mass is 444 g/mol. The molecule has 2 atom stereocenters. The van der Waals surface area contributed by atoms with E-state index in [9.17, 15) is 9.59 Å². The average molecular weight is 445 g/mol. The number of aryl methyl sites for hydroxylation is 2. The van der Waals surface area contributed by atoms with Gasteiger partial charge in [-0.3, -0.25) is 9.69 Å². The third kappa shape index (κ3) is 5.93. The summed E-state index contributed by atoms with van der Waals surface area (Å²) in [6, 6.07) is 6.10. The first-order chi connectivity index (χ1) is 14.8. The summed E-state index contributed by atoms with van der Waals surface area (Å²) < 4.78 is 11.1. The van der Waals surface area contributed by atoms with Crippen LogP contribution in [0.1, 0.15) is 48.7 Å². The Morgan fingerprint density at radius 1 is 1.19 bits per heavy atom. The van der Waals surface area contributed by atoms with Gasteiger partial charge in [0.05, 0.1) is 18.8 Å². The zero-order chi connectivity index (χ0) is 22.5. The van der Waals surface area contributed by atoms with E-state index in [1.54, 1.807) is 6.92 Å². The first-order valence-electron chi connectivity index (χ1n) is 10.8. The van der Waals surface area contributed by atoms with Gasteiger partial charge in [-0.15, -0.1) is 11.3 Å². The predicted molar refractivity (Wildman–Crippen MR) is 125 cm³/mol. The summed E-state index contributed by atoms with van der Waals surface area (Å²) >= 11 is 1.36. The van der Waals surface area contributed by atoms with Crippen LogP contribution >= 0.6 is 11.3 Å². The Hall–Kier alpha value is -2.22. The topological polar surface area (TPSA) is 67.9 Å². The molecule has 0 radical (unpaired) electrons. The van der Waals surface area contributed by atoms with Gasteiger partial charge in [-0.25, -0.2) is 4.79 Å². The molecular formula is C24H32N2O4S. The van der Waals surface area contributed by atoms with E-state index in [1.165, 1.54) is 16.9 Å². The summed E-state index contributed by atoms with van der Waals surface area (Å²) in [6.45, 7) is 12.6. The van der Waals surface area contributed by atoms with Crippen LogP contribution in [0.2, 0.25) is 0 Å². The molecule has 0 bridgehead atoms. The molecule has 3 rings (SSSR count). The fourth-order valence-electron chi connectivity index (χ4n) is 3.89. The number of thiophene rings is 1. The van der Waals surface area contributed by atoms with E-state index >= 15 is 0 Å². The molecule has 168 valence electrons. The van der Waals surface area contributed by atoms with Gasteiger partial charge in [0, 0.05) is 37.0 Å². The van der Waals surface area contributed by atoms with Crippen molar-refractivity contribution < 1.29 is 19.1 Å². The van der Waals surface area contributed by atoms with Crippen molar-refractivity contribution in [1.82, 2.24) is 4.90 Å². The number of ether oxygens (including phenoxy) is 2. The van der Waals surface area contributed by atoms with Crippen molar-refractivity contribution in [2.45, 2.75) is 53.2 Å². The number of hydrogen-bond donors (Lipinski definition) is 1. The van der Waals surface area contributed by atoms with E-state index in [4.69, 9.17) is 9.47 Å². The quantitative estimate of drug-likeness (QED) is 0.630. The maximum atomic E-state index is 12.7. The van der Waals surface area contributed by atoms with Gasteiger partial charge >= 0.3 is 5.97 Å². The molecule has 2 heterocycles. The van der Waals surface area contributed by atoms with Crippen LogP contribution < -0.4 is 5.32 Å². The molecule has 0 saturated carbocycles. The predicted octanol–water partition coefficient (Wildman–Crippen LogP) is 4.65. The van der Waals surface area contributed by atoms with Gasteiger partial charge in [0.25, 0.3) is 0 Å². The molecule has 1 fully saturated rings. The summed E-state index contributed by atoms with van der Waals surface area (Å²) in [5, 5.41) is 5.40. The van der Waals surface area contributed by atoms with Crippen LogP contribution in [0.4, 0.5) is 5.00 Å². The number of nitrogens with one attached hydrogen (secondary N) is 1. The van der Waals surface area contributed by atoms with Crippen LogP contribution in [0.25, 0.3) is 11.1 Å². The Balaban J connectivity index is 1.75. The van der Waals surface area contributed by atoms with Gasteiger partial charge in [0.2, 0.25) is 5.91 Å². The van der Waals surface area contributed by atoms with Crippen molar-refractivity contribution >= 4 is 28.2 Å². The fourth-order valence-corrected chi connectivity index (χ4v) is 4.87. The van der Waals surface area contributed by atoms with Crippen LogP contribution in [-0.4, -0.2) is 55.2 Å². The molecule has 7 heteroatoms. The van der Waals surface area contributed by atoms with Crippen molar-refractivity contribution in [1.29, 1.82) is 0 Å². The summed E-state index contributed by atoms with van der Waals surface area (Å²) in [5.41, 5.74) is 4.50. The highest BCUT2D eigenvalue weighted by Gasteiger charge is 2.25. The zero-order valence-electron chi connectivity index (χ0n) is 19.0. The summed E-state index contributed by atoms with van der Waals surface area (Å²) in [5.74, 6) is -0.519. The Kier molecular flexibility index (Phi) is 7.86. The van der Waals surface area contributed by atoms with Crippen LogP contribution in [0, 0.1) is 13.8 Å². The van der Waals surface area contributed by atoms with Gasteiger partial charge in [-0.1, -0.05) is 18.2 Å². The van der Waals surface area contributed by atoms with E-state index in [2.05, 4.69) is 23.2 Å². The molecular weight excluding hydrogens is 412 g/mol. The zero-order valence-corrected chi connectivity index (χ0v) is 19.8. The first-order valence-corrected chi connectivity index (χ1v) is 11.7. The largest absolute Gasteiger partial charge is 0.462 e.